The van der Waals surface area contributed by atoms with Gasteiger partial charge in [0.1, 0.15) is 5.75 Å². The summed E-state index contributed by atoms with van der Waals surface area (Å²) in [6, 6.07) is 14.5. The summed E-state index contributed by atoms with van der Waals surface area (Å²) in [6.07, 6.45) is 1.41. The van der Waals surface area contributed by atoms with Gasteiger partial charge >= 0.3 is 0 Å². The molecule has 0 N–H and O–H groups in total. The highest BCUT2D eigenvalue weighted by Gasteiger charge is 2.36. The first-order valence-corrected chi connectivity index (χ1v) is 13.1. The third kappa shape index (κ3) is 4.79. The maximum atomic E-state index is 13.2. The van der Waals surface area contributed by atoms with Crippen LogP contribution in [-0.2, 0) is 14.8 Å². The maximum Gasteiger partial charge on any atom is 0.243 e. The number of piperidine rings is 1. The Kier molecular flexibility index (Phi) is 7.07. The molecule has 1 amide bonds. The number of carbonyl (C=O) groups is 1. The van der Waals surface area contributed by atoms with Crippen molar-refractivity contribution in [2.24, 2.45) is 5.92 Å². The number of benzene rings is 2. The largest absolute Gasteiger partial charge is 0.495 e. The molecule has 2 heterocycles. The van der Waals surface area contributed by atoms with E-state index < -0.39 is 10.0 Å². The molecule has 7 nitrogen and oxygen atoms in total. The van der Waals surface area contributed by atoms with Gasteiger partial charge in [0, 0.05) is 43.7 Å². The van der Waals surface area contributed by atoms with Gasteiger partial charge in [0.05, 0.1) is 23.6 Å². The topological polar surface area (TPSA) is 70.2 Å². The molecule has 2 aliphatic heterocycles. The Morgan fingerprint density at radius 1 is 1.00 bits per heavy atom. The van der Waals surface area contributed by atoms with Crippen molar-refractivity contribution in [1.29, 1.82) is 0 Å². The molecular formula is C23H28BrN3O4S. The smallest absolute Gasteiger partial charge is 0.243 e. The zero-order valence-electron chi connectivity index (χ0n) is 18.1. The number of anilines is 1. The molecule has 0 bridgehead atoms. The fourth-order valence-electron chi connectivity index (χ4n) is 4.43. The van der Waals surface area contributed by atoms with E-state index in [1.807, 2.05) is 29.2 Å². The number of sulfonamides is 1. The van der Waals surface area contributed by atoms with Crippen molar-refractivity contribution in [3.63, 3.8) is 0 Å². The SMILES string of the molecule is COc1ccccc1N1CCN(C(=O)[C@H]2CCCN(S(=O)(=O)c3ccc(Br)cc3)C2)CC1. The summed E-state index contributed by atoms with van der Waals surface area (Å²) in [7, 11) is -1.95. The van der Waals surface area contributed by atoms with Gasteiger partial charge in [0.15, 0.2) is 0 Å². The van der Waals surface area contributed by atoms with Crippen molar-refractivity contribution in [2.45, 2.75) is 17.7 Å². The van der Waals surface area contributed by atoms with E-state index >= 15 is 0 Å². The first-order valence-electron chi connectivity index (χ1n) is 10.8. The summed E-state index contributed by atoms with van der Waals surface area (Å²) in [4.78, 5) is 17.6. The number of ether oxygens (including phenoxy) is 1. The average molecular weight is 522 g/mol. The Hall–Kier alpha value is -2.10. The van der Waals surface area contributed by atoms with E-state index in [1.54, 1.807) is 31.4 Å². The van der Waals surface area contributed by atoms with Crippen LogP contribution in [0.2, 0.25) is 0 Å². The summed E-state index contributed by atoms with van der Waals surface area (Å²) in [5.41, 5.74) is 1.03. The molecule has 0 unspecified atom stereocenters. The van der Waals surface area contributed by atoms with Gasteiger partial charge in [-0.3, -0.25) is 4.79 Å². The highest BCUT2D eigenvalue weighted by atomic mass is 79.9. The third-order valence-corrected chi connectivity index (χ3v) is 8.61. The Morgan fingerprint density at radius 2 is 1.69 bits per heavy atom. The van der Waals surface area contributed by atoms with Gasteiger partial charge < -0.3 is 14.5 Å². The minimum absolute atomic E-state index is 0.0559. The lowest BCUT2D eigenvalue weighted by atomic mass is 9.97. The second-order valence-electron chi connectivity index (χ2n) is 8.14. The van der Waals surface area contributed by atoms with Gasteiger partial charge in [-0.1, -0.05) is 28.1 Å². The van der Waals surface area contributed by atoms with Crippen molar-refractivity contribution in [3.05, 3.63) is 53.0 Å². The highest BCUT2D eigenvalue weighted by molar-refractivity contribution is 9.10. The van der Waals surface area contributed by atoms with Crippen LogP contribution in [-0.4, -0.2) is 69.9 Å². The van der Waals surface area contributed by atoms with Gasteiger partial charge in [-0.05, 0) is 49.2 Å². The molecule has 1 atom stereocenters. The second-order valence-corrected chi connectivity index (χ2v) is 11.0. The number of amides is 1. The number of halogens is 1. The summed E-state index contributed by atoms with van der Waals surface area (Å²) in [5, 5.41) is 0. The number of methoxy groups -OCH3 is 1. The number of hydrogen-bond acceptors (Lipinski definition) is 5. The predicted octanol–water partition coefficient (Wildman–Crippen LogP) is 3.21. The average Bonchev–Trinajstić information content (AvgIpc) is 2.84. The molecule has 2 aromatic rings. The molecule has 2 aliphatic rings. The van der Waals surface area contributed by atoms with Gasteiger partial charge in [0.2, 0.25) is 15.9 Å². The molecule has 2 saturated heterocycles. The fraction of sp³-hybridized carbons (Fsp3) is 0.435. The maximum absolute atomic E-state index is 13.2. The molecule has 4 rings (SSSR count). The molecule has 2 fully saturated rings. The van der Waals surface area contributed by atoms with Crippen LogP contribution in [0.1, 0.15) is 12.8 Å². The standard InChI is InChI=1S/C23H28BrN3O4S/c1-31-22-7-3-2-6-21(22)25-13-15-26(16-14-25)23(28)18-5-4-12-27(17-18)32(29,30)20-10-8-19(24)9-11-20/h2-3,6-11,18H,4-5,12-17H2,1H3/t18-/m0/s1. The predicted molar refractivity (Wildman–Crippen MR) is 127 cm³/mol. The van der Waals surface area contributed by atoms with Crippen molar-refractivity contribution in [1.82, 2.24) is 9.21 Å². The number of carbonyl (C=O) groups excluding carboxylic acids is 1. The Morgan fingerprint density at radius 3 is 2.38 bits per heavy atom. The van der Waals surface area contributed by atoms with Crippen LogP contribution < -0.4 is 9.64 Å². The van der Waals surface area contributed by atoms with Crippen LogP contribution in [0, 0.1) is 5.92 Å². The number of rotatable bonds is 5. The van der Waals surface area contributed by atoms with E-state index in [-0.39, 0.29) is 23.3 Å². The van der Waals surface area contributed by atoms with Gasteiger partial charge in [0.25, 0.3) is 0 Å². The van der Waals surface area contributed by atoms with Crippen LogP contribution in [0.3, 0.4) is 0 Å². The summed E-state index contributed by atoms with van der Waals surface area (Å²) in [6.45, 7) is 3.37. The lowest BCUT2D eigenvalue weighted by Crippen LogP contribution is -2.53. The van der Waals surface area contributed by atoms with E-state index in [0.717, 1.165) is 35.4 Å². The van der Waals surface area contributed by atoms with Crippen molar-refractivity contribution in [3.8, 4) is 5.75 Å². The van der Waals surface area contributed by atoms with Crippen molar-refractivity contribution in [2.75, 3.05) is 51.3 Å². The number of hydrogen-bond donors (Lipinski definition) is 0. The van der Waals surface area contributed by atoms with Crippen LogP contribution in [0.4, 0.5) is 5.69 Å². The Bertz CT molecular complexity index is 1050. The Labute approximate surface area is 198 Å². The second kappa shape index (κ2) is 9.80. The monoisotopic (exact) mass is 521 g/mol. The van der Waals surface area contributed by atoms with Crippen LogP contribution in [0.15, 0.2) is 57.9 Å². The Balaban J connectivity index is 1.39. The lowest BCUT2D eigenvalue weighted by Gasteiger charge is -2.39. The van der Waals surface area contributed by atoms with Crippen LogP contribution in [0.25, 0.3) is 0 Å². The molecule has 2 aromatic carbocycles. The van der Waals surface area contributed by atoms with Crippen molar-refractivity contribution >= 4 is 37.5 Å². The molecule has 9 heteroatoms. The normalized spacial score (nSPS) is 20.2. The van der Waals surface area contributed by atoms with E-state index in [2.05, 4.69) is 20.8 Å². The van der Waals surface area contributed by atoms with Crippen LogP contribution >= 0.6 is 15.9 Å². The van der Waals surface area contributed by atoms with E-state index in [0.29, 0.717) is 26.1 Å². The molecule has 0 spiro atoms. The van der Waals surface area contributed by atoms with E-state index in [9.17, 15) is 13.2 Å². The number of piperazine rings is 1. The highest BCUT2D eigenvalue weighted by Crippen LogP contribution is 2.30. The zero-order chi connectivity index (χ0) is 22.7. The first kappa shape index (κ1) is 23.1. The van der Waals surface area contributed by atoms with E-state index in [1.165, 1.54) is 4.31 Å². The number of nitrogens with zero attached hydrogens (tertiary/aromatic N) is 3. The molecule has 32 heavy (non-hydrogen) atoms. The first-order chi connectivity index (χ1) is 15.4. The molecular weight excluding hydrogens is 494 g/mol. The lowest BCUT2D eigenvalue weighted by molar-refractivity contribution is -0.137. The van der Waals surface area contributed by atoms with Crippen molar-refractivity contribution < 1.29 is 17.9 Å². The van der Waals surface area contributed by atoms with Gasteiger partial charge in [-0.2, -0.15) is 4.31 Å². The van der Waals surface area contributed by atoms with Crippen LogP contribution in [0.5, 0.6) is 5.75 Å². The molecule has 172 valence electrons. The summed E-state index contributed by atoms with van der Waals surface area (Å²) >= 11 is 3.34. The van der Waals surface area contributed by atoms with E-state index in [4.69, 9.17) is 4.74 Å². The number of para-hydroxylation sites is 2. The summed E-state index contributed by atoms with van der Waals surface area (Å²) in [5.74, 6) is 0.584. The minimum Gasteiger partial charge on any atom is -0.495 e. The molecule has 0 saturated carbocycles. The minimum atomic E-state index is -3.61. The molecule has 0 aliphatic carbocycles. The van der Waals surface area contributed by atoms with Gasteiger partial charge in [-0.25, -0.2) is 8.42 Å². The quantitative estimate of drug-likeness (QED) is 0.604. The molecule has 0 radical (unpaired) electrons. The zero-order valence-corrected chi connectivity index (χ0v) is 20.5. The fourth-order valence-corrected chi connectivity index (χ4v) is 6.22. The third-order valence-electron chi connectivity index (χ3n) is 6.20. The molecule has 0 aromatic heterocycles. The van der Waals surface area contributed by atoms with Gasteiger partial charge in [-0.15, -0.1) is 0 Å². The summed E-state index contributed by atoms with van der Waals surface area (Å²) < 4.78 is 33.9.